The molecule has 8 nitrogen and oxygen atoms in total. The van der Waals surface area contributed by atoms with E-state index in [1.165, 1.54) is 25.0 Å². The summed E-state index contributed by atoms with van der Waals surface area (Å²) < 4.78 is 19.3. The second kappa shape index (κ2) is 8.74. The molecule has 0 aromatic heterocycles. The summed E-state index contributed by atoms with van der Waals surface area (Å²) in [7, 11) is 0. The first-order chi connectivity index (χ1) is 18.3. The average Bonchev–Trinajstić information content (AvgIpc) is 3.38. The van der Waals surface area contributed by atoms with Crippen molar-refractivity contribution in [3.63, 3.8) is 0 Å². The Bertz CT molecular complexity index is 1280. The number of ether oxygens (including phenoxy) is 1. The molecular formula is C29H33FN4O4. The molecule has 4 atom stereocenters. The van der Waals surface area contributed by atoms with Crippen molar-refractivity contribution >= 4 is 23.2 Å². The summed E-state index contributed by atoms with van der Waals surface area (Å²) in [6.07, 6.45) is 7.26. The van der Waals surface area contributed by atoms with Crippen molar-refractivity contribution in [1.82, 2.24) is 15.1 Å². The number of morpholine rings is 1. The van der Waals surface area contributed by atoms with E-state index >= 15 is 0 Å². The number of amides is 2. The molecule has 4 unspecified atom stereocenters. The predicted molar refractivity (Wildman–Crippen MR) is 138 cm³/mol. The molecule has 2 saturated carbocycles. The summed E-state index contributed by atoms with van der Waals surface area (Å²) in [5.74, 6) is -2.02. The summed E-state index contributed by atoms with van der Waals surface area (Å²) >= 11 is 0. The SMILES string of the molecule is CC1C(c2ccc(F)cc2)=CN=C2C1C(O)=C(C(=O)NC1CC3(CC3)C1)C(=O)N2CCN1CC2CC1CO2. The van der Waals surface area contributed by atoms with Gasteiger partial charge in [0.25, 0.3) is 11.8 Å². The molecule has 9 heteroatoms. The van der Waals surface area contributed by atoms with Crippen LogP contribution in [0.1, 0.15) is 44.6 Å². The molecule has 2 aliphatic carbocycles. The number of carbonyl (C=O) groups excluding carboxylic acids is 2. The molecule has 1 spiro atoms. The highest BCUT2D eigenvalue weighted by atomic mass is 19.1. The van der Waals surface area contributed by atoms with Gasteiger partial charge in [0.1, 0.15) is 23.0 Å². The van der Waals surface area contributed by atoms with Crippen molar-refractivity contribution in [2.45, 2.75) is 57.2 Å². The number of amidine groups is 1. The lowest BCUT2D eigenvalue weighted by molar-refractivity contribution is -0.129. The number of fused-ring (bicyclic) bond motifs is 3. The van der Waals surface area contributed by atoms with Crippen LogP contribution in [0.15, 0.2) is 46.8 Å². The number of likely N-dealkylation sites (tertiary alicyclic amines) is 1. The third-order valence-corrected chi connectivity index (χ3v) is 9.57. The van der Waals surface area contributed by atoms with Crippen LogP contribution in [-0.2, 0) is 14.3 Å². The maximum absolute atomic E-state index is 13.8. The van der Waals surface area contributed by atoms with Crippen LogP contribution in [0.3, 0.4) is 0 Å². The standard InChI is InChI=1S/C29H33FN4O4/c1-16-22(17-2-4-18(30)5-3-17)13-31-26-23(16)25(35)24(27(36)32-19-11-29(12-19)6-7-29)28(37)34(26)9-8-33-14-21-10-20(33)15-38-21/h2-5,13,16,19-21,23,35H,6-12,14-15H2,1H3,(H,32,36). The second-order valence-electron chi connectivity index (χ2n) is 12.0. The highest BCUT2D eigenvalue weighted by Gasteiger charge is 2.54. The minimum Gasteiger partial charge on any atom is -0.510 e. The molecule has 0 radical (unpaired) electrons. The van der Waals surface area contributed by atoms with Crippen LogP contribution in [0.5, 0.6) is 0 Å². The van der Waals surface area contributed by atoms with E-state index in [0.29, 0.717) is 37.0 Å². The molecule has 1 aromatic carbocycles. The zero-order valence-corrected chi connectivity index (χ0v) is 21.5. The maximum Gasteiger partial charge on any atom is 0.268 e. The monoisotopic (exact) mass is 520 g/mol. The van der Waals surface area contributed by atoms with E-state index in [0.717, 1.165) is 36.9 Å². The summed E-state index contributed by atoms with van der Waals surface area (Å²) in [5, 5.41) is 14.5. The number of allylic oxidation sites excluding steroid dienone is 1. The van der Waals surface area contributed by atoms with Crippen LogP contribution < -0.4 is 5.32 Å². The number of hydrogen-bond acceptors (Lipinski definition) is 6. The third kappa shape index (κ3) is 3.90. The zero-order valence-electron chi connectivity index (χ0n) is 21.5. The highest BCUT2D eigenvalue weighted by Crippen LogP contribution is 2.60. The van der Waals surface area contributed by atoms with Gasteiger partial charge in [-0.2, -0.15) is 0 Å². The quantitative estimate of drug-likeness (QED) is 0.563. The molecular weight excluding hydrogens is 487 g/mol. The van der Waals surface area contributed by atoms with Gasteiger partial charge in [0.15, 0.2) is 0 Å². The first-order valence-electron chi connectivity index (χ1n) is 13.8. The molecule has 200 valence electrons. The van der Waals surface area contributed by atoms with E-state index in [4.69, 9.17) is 4.74 Å². The summed E-state index contributed by atoms with van der Waals surface area (Å²) in [5.41, 5.74) is 1.84. The van der Waals surface area contributed by atoms with Gasteiger partial charge in [-0.15, -0.1) is 0 Å². The molecule has 6 aliphatic rings. The lowest BCUT2D eigenvalue weighted by atomic mass is 9.76. The van der Waals surface area contributed by atoms with Crippen molar-refractivity contribution in [3.8, 4) is 0 Å². The molecule has 1 aromatic rings. The minimum atomic E-state index is -0.645. The van der Waals surface area contributed by atoms with Gasteiger partial charge in [-0.1, -0.05) is 19.1 Å². The Balaban J connectivity index is 1.19. The van der Waals surface area contributed by atoms with E-state index in [2.05, 4.69) is 15.2 Å². The molecule has 4 heterocycles. The molecule has 2 N–H and O–H groups in total. The van der Waals surface area contributed by atoms with Crippen LogP contribution >= 0.6 is 0 Å². The van der Waals surface area contributed by atoms with E-state index in [1.54, 1.807) is 23.2 Å². The summed E-state index contributed by atoms with van der Waals surface area (Å²) in [4.78, 5) is 35.8. The van der Waals surface area contributed by atoms with Crippen molar-refractivity contribution in [2.24, 2.45) is 22.2 Å². The number of nitrogens with zero attached hydrogens (tertiary/aromatic N) is 3. The number of carbonyl (C=O) groups is 2. The number of halogens is 1. The van der Waals surface area contributed by atoms with Crippen LogP contribution in [0.2, 0.25) is 0 Å². The number of aliphatic hydroxyl groups is 1. The van der Waals surface area contributed by atoms with E-state index in [1.807, 2.05) is 6.92 Å². The van der Waals surface area contributed by atoms with Crippen LogP contribution in [0.4, 0.5) is 4.39 Å². The smallest absolute Gasteiger partial charge is 0.268 e. The van der Waals surface area contributed by atoms with Gasteiger partial charge < -0.3 is 15.2 Å². The number of aliphatic hydroxyl groups excluding tert-OH is 1. The molecule has 38 heavy (non-hydrogen) atoms. The molecule has 2 bridgehead atoms. The van der Waals surface area contributed by atoms with Gasteiger partial charge in [-0.25, -0.2) is 9.38 Å². The number of benzene rings is 1. The fourth-order valence-corrected chi connectivity index (χ4v) is 7.16. The Morgan fingerprint density at radius 2 is 2.00 bits per heavy atom. The molecule has 7 rings (SSSR count). The van der Waals surface area contributed by atoms with E-state index in [-0.39, 0.29) is 35.2 Å². The lowest BCUT2D eigenvalue weighted by Gasteiger charge is -2.41. The van der Waals surface area contributed by atoms with E-state index in [9.17, 15) is 19.1 Å². The number of nitrogens with one attached hydrogen (secondary N) is 1. The Morgan fingerprint density at radius 1 is 1.24 bits per heavy atom. The number of hydrogen-bond donors (Lipinski definition) is 2. The van der Waals surface area contributed by atoms with Crippen LogP contribution in [0, 0.1) is 23.1 Å². The van der Waals surface area contributed by atoms with Crippen molar-refractivity contribution < 1.29 is 23.8 Å². The summed E-state index contributed by atoms with van der Waals surface area (Å²) in [6.45, 7) is 4.52. The number of rotatable bonds is 6. The minimum absolute atomic E-state index is 0.0419. The number of aliphatic imine (C=N–C) groups is 1. The topological polar surface area (TPSA) is 94.5 Å². The van der Waals surface area contributed by atoms with Gasteiger partial charge in [0, 0.05) is 43.8 Å². The molecule has 4 fully saturated rings. The predicted octanol–water partition coefficient (Wildman–Crippen LogP) is 3.02. The van der Waals surface area contributed by atoms with Gasteiger partial charge in [0.2, 0.25) is 0 Å². The van der Waals surface area contributed by atoms with Crippen LogP contribution in [0.25, 0.3) is 5.57 Å². The van der Waals surface area contributed by atoms with Crippen molar-refractivity contribution in [1.29, 1.82) is 0 Å². The first-order valence-corrected chi connectivity index (χ1v) is 13.8. The van der Waals surface area contributed by atoms with Gasteiger partial charge in [-0.05, 0) is 60.8 Å². The summed E-state index contributed by atoms with van der Waals surface area (Å²) in [6, 6.07) is 6.56. The maximum atomic E-state index is 13.8. The molecule has 2 amide bonds. The fourth-order valence-electron chi connectivity index (χ4n) is 7.16. The first kappa shape index (κ1) is 24.0. The Labute approximate surface area is 221 Å². The molecule has 2 saturated heterocycles. The zero-order chi connectivity index (χ0) is 26.2. The Hall–Kier alpha value is -3.04. The highest BCUT2D eigenvalue weighted by molar-refractivity contribution is 6.25. The normalized spacial score (nSPS) is 31.7. The van der Waals surface area contributed by atoms with Gasteiger partial charge >= 0.3 is 0 Å². The van der Waals surface area contributed by atoms with E-state index < -0.39 is 17.7 Å². The third-order valence-electron chi connectivity index (χ3n) is 9.57. The largest absolute Gasteiger partial charge is 0.510 e. The fraction of sp³-hybridized carbons (Fsp3) is 0.552. The van der Waals surface area contributed by atoms with Gasteiger partial charge in [-0.3, -0.25) is 19.4 Å². The van der Waals surface area contributed by atoms with Crippen molar-refractivity contribution in [2.75, 3.05) is 26.2 Å². The van der Waals surface area contributed by atoms with Crippen molar-refractivity contribution in [3.05, 3.63) is 53.2 Å². The Kier molecular flexibility index (Phi) is 5.53. The Morgan fingerprint density at radius 3 is 2.66 bits per heavy atom. The second-order valence-corrected chi connectivity index (χ2v) is 12.0. The molecule has 4 aliphatic heterocycles. The van der Waals surface area contributed by atoms with Crippen LogP contribution in [-0.4, -0.2) is 77.0 Å². The average molecular weight is 521 g/mol. The lowest BCUT2D eigenvalue weighted by Crippen LogP contribution is -2.55. The van der Waals surface area contributed by atoms with Gasteiger partial charge in [0.05, 0.1) is 18.6 Å².